The summed E-state index contributed by atoms with van der Waals surface area (Å²) in [6.45, 7) is 4.93. The zero-order chi connectivity index (χ0) is 18.7. The van der Waals surface area contributed by atoms with Gasteiger partial charge in [-0.3, -0.25) is 0 Å². The second kappa shape index (κ2) is 7.20. The predicted molar refractivity (Wildman–Crippen MR) is 96.9 cm³/mol. The number of benzene rings is 2. The van der Waals surface area contributed by atoms with Gasteiger partial charge in [-0.1, -0.05) is 48.5 Å². The molecule has 0 spiro atoms. The second-order valence-corrected chi connectivity index (χ2v) is 7.16. The number of ether oxygens (including phenoxy) is 3. The SMILES string of the molecule is CC(C)(C)OC(=O)COC(=O)OCC1c2ccccc2-c2ccccc21. The molecule has 0 fully saturated rings. The number of carbonyl (C=O) groups excluding carboxylic acids is 2. The largest absolute Gasteiger partial charge is 0.508 e. The lowest BCUT2D eigenvalue weighted by Gasteiger charge is -2.19. The quantitative estimate of drug-likeness (QED) is 0.766. The number of fused-ring (bicyclic) bond motifs is 3. The Bertz CT molecular complexity index is 774. The summed E-state index contributed by atoms with van der Waals surface area (Å²) in [5.41, 5.74) is 3.92. The van der Waals surface area contributed by atoms with Crippen molar-refractivity contribution < 1.29 is 23.8 Å². The first kappa shape index (κ1) is 18.0. The summed E-state index contributed by atoms with van der Waals surface area (Å²) >= 11 is 0. The molecule has 26 heavy (non-hydrogen) atoms. The van der Waals surface area contributed by atoms with Gasteiger partial charge in [-0.25, -0.2) is 9.59 Å². The average Bonchev–Trinajstić information content (AvgIpc) is 2.91. The van der Waals surface area contributed by atoms with Crippen LogP contribution in [0.3, 0.4) is 0 Å². The third-order valence-electron chi connectivity index (χ3n) is 4.06. The van der Waals surface area contributed by atoms with Gasteiger partial charge in [0.1, 0.15) is 12.2 Å². The van der Waals surface area contributed by atoms with E-state index in [4.69, 9.17) is 14.2 Å². The molecule has 5 heteroatoms. The van der Waals surface area contributed by atoms with Crippen molar-refractivity contribution >= 4 is 12.1 Å². The van der Waals surface area contributed by atoms with E-state index < -0.39 is 24.3 Å². The minimum atomic E-state index is -0.877. The van der Waals surface area contributed by atoms with Crippen LogP contribution in [0.2, 0.25) is 0 Å². The van der Waals surface area contributed by atoms with Crippen LogP contribution in [0.15, 0.2) is 48.5 Å². The van der Waals surface area contributed by atoms with E-state index in [2.05, 4.69) is 12.1 Å². The second-order valence-electron chi connectivity index (χ2n) is 7.16. The fourth-order valence-corrected chi connectivity index (χ4v) is 3.12. The lowest BCUT2D eigenvalue weighted by atomic mass is 9.98. The molecule has 2 aromatic carbocycles. The van der Waals surface area contributed by atoms with Gasteiger partial charge in [-0.05, 0) is 43.0 Å². The maximum Gasteiger partial charge on any atom is 0.508 e. The molecule has 0 radical (unpaired) electrons. The summed E-state index contributed by atoms with van der Waals surface area (Å²) in [6.07, 6.45) is -0.877. The Kier molecular flexibility index (Phi) is 4.98. The highest BCUT2D eigenvalue weighted by Crippen LogP contribution is 2.44. The van der Waals surface area contributed by atoms with Crippen molar-refractivity contribution in [1.29, 1.82) is 0 Å². The number of esters is 1. The van der Waals surface area contributed by atoms with Gasteiger partial charge in [0, 0.05) is 5.92 Å². The lowest BCUT2D eigenvalue weighted by Crippen LogP contribution is -2.27. The molecule has 5 nitrogen and oxygen atoms in total. The van der Waals surface area contributed by atoms with E-state index in [1.165, 1.54) is 0 Å². The van der Waals surface area contributed by atoms with Gasteiger partial charge >= 0.3 is 12.1 Å². The molecule has 1 aliphatic rings. The van der Waals surface area contributed by atoms with Gasteiger partial charge in [0.15, 0.2) is 6.61 Å². The van der Waals surface area contributed by atoms with Crippen LogP contribution in [-0.4, -0.2) is 30.9 Å². The molecule has 136 valence electrons. The first-order valence-electron chi connectivity index (χ1n) is 8.55. The normalized spacial score (nSPS) is 12.9. The van der Waals surface area contributed by atoms with Crippen LogP contribution in [0.1, 0.15) is 37.8 Å². The number of carbonyl (C=O) groups is 2. The Morgan fingerprint density at radius 1 is 0.885 bits per heavy atom. The minimum Gasteiger partial charge on any atom is -0.457 e. The fourth-order valence-electron chi connectivity index (χ4n) is 3.12. The van der Waals surface area contributed by atoms with Gasteiger partial charge in [-0.2, -0.15) is 0 Å². The molecule has 0 heterocycles. The zero-order valence-corrected chi connectivity index (χ0v) is 15.2. The first-order valence-corrected chi connectivity index (χ1v) is 8.55. The molecule has 0 atom stereocenters. The maximum absolute atomic E-state index is 11.8. The van der Waals surface area contributed by atoms with Crippen molar-refractivity contribution in [3.05, 3.63) is 59.7 Å². The van der Waals surface area contributed by atoms with E-state index >= 15 is 0 Å². The van der Waals surface area contributed by atoms with E-state index in [9.17, 15) is 9.59 Å². The topological polar surface area (TPSA) is 61.8 Å². The molecule has 3 rings (SSSR count). The first-order chi connectivity index (χ1) is 12.3. The van der Waals surface area contributed by atoms with Crippen LogP contribution in [-0.2, 0) is 19.0 Å². The van der Waals surface area contributed by atoms with Crippen molar-refractivity contribution in [3.63, 3.8) is 0 Å². The molecule has 0 saturated carbocycles. The lowest BCUT2D eigenvalue weighted by molar-refractivity contribution is -0.159. The van der Waals surface area contributed by atoms with Crippen LogP contribution >= 0.6 is 0 Å². The molecular weight excluding hydrogens is 332 g/mol. The summed E-state index contributed by atoms with van der Waals surface area (Å²) in [6, 6.07) is 16.1. The van der Waals surface area contributed by atoms with Crippen LogP contribution in [0.4, 0.5) is 4.79 Å². The molecule has 0 N–H and O–H groups in total. The predicted octanol–water partition coefficient (Wildman–Crippen LogP) is 4.29. The minimum absolute atomic E-state index is 0.0449. The van der Waals surface area contributed by atoms with Crippen LogP contribution in [0.25, 0.3) is 11.1 Å². The smallest absolute Gasteiger partial charge is 0.457 e. The summed E-state index contributed by atoms with van der Waals surface area (Å²) in [5, 5.41) is 0. The Morgan fingerprint density at radius 2 is 1.42 bits per heavy atom. The molecule has 0 bridgehead atoms. The third-order valence-corrected chi connectivity index (χ3v) is 4.06. The average molecular weight is 354 g/mol. The van der Waals surface area contributed by atoms with E-state index in [1.54, 1.807) is 20.8 Å². The standard InChI is InChI=1S/C21H22O5/c1-21(2,3)26-19(22)13-25-20(23)24-12-18-16-10-6-4-8-14(16)15-9-5-7-11-17(15)18/h4-11,18H,12-13H2,1-3H3. The molecule has 2 aromatic rings. The Morgan fingerprint density at radius 3 is 1.96 bits per heavy atom. The molecule has 0 aromatic heterocycles. The molecule has 0 saturated heterocycles. The van der Waals surface area contributed by atoms with E-state index in [-0.39, 0.29) is 12.5 Å². The summed E-state index contributed by atoms with van der Waals surface area (Å²) < 4.78 is 15.2. The molecule has 0 aliphatic heterocycles. The van der Waals surface area contributed by atoms with Gasteiger partial charge in [0.05, 0.1) is 0 Å². The van der Waals surface area contributed by atoms with E-state index in [0.29, 0.717) is 0 Å². The van der Waals surface area contributed by atoms with Crippen LogP contribution < -0.4 is 0 Å². The highest BCUT2D eigenvalue weighted by molar-refractivity contribution is 5.79. The number of hydrogen-bond acceptors (Lipinski definition) is 5. The molecule has 0 amide bonds. The molecule has 1 aliphatic carbocycles. The Labute approximate surface area is 152 Å². The molecule has 0 unspecified atom stereocenters. The van der Waals surface area contributed by atoms with Crippen molar-refractivity contribution in [2.75, 3.05) is 13.2 Å². The van der Waals surface area contributed by atoms with Crippen molar-refractivity contribution in [3.8, 4) is 11.1 Å². The van der Waals surface area contributed by atoms with Gasteiger partial charge in [-0.15, -0.1) is 0 Å². The molecular formula is C21H22O5. The fraction of sp³-hybridized carbons (Fsp3) is 0.333. The highest BCUT2D eigenvalue weighted by Gasteiger charge is 2.29. The van der Waals surface area contributed by atoms with Crippen LogP contribution in [0, 0.1) is 0 Å². The van der Waals surface area contributed by atoms with Gasteiger partial charge in [0.25, 0.3) is 0 Å². The summed E-state index contributed by atoms with van der Waals surface area (Å²) in [5.74, 6) is -0.650. The Balaban J connectivity index is 1.60. The number of hydrogen-bond donors (Lipinski definition) is 0. The summed E-state index contributed by atoms with van der Waals surface area (Å²) in [7, 11) is 0. The highest BCUT2D eigenvalue weighted by atomic mass is 16.7. The third kappa shape index (κ3) is 4.04. The van der Waals surface area contributed by atoms with E-state index in [0.717, 1.165) is 22.3 Å². The van der Waals surface area contributed by atoms with E-state index in [1.807, 2.05) is 36.4 Å². The van der Waals surface area contributed by atoms with Crippen molar-refractivity contribution in [2.45, 2.75) is 32.3 Å². The van der Waals surface area contributed by atoms with Gasteiger partial charge < -0.3 is 14.2 Å². The van der Waals surface area contributed by atoms with Gasteiger partial charge in [0.2, 0.25) is 0 Å². The monoisotopic (exact) mass is 354 g/mol. The summed E-state index contributed by atoms with van der Waals surface area (Å²) in [4.78, 5) is 23.4. The Hall–Kier alpha value is -2.82. The van der Waals surface area contributed by atoms with Crippen molar-refractivity contribution in [1.82, 2.24) is 0 Å². The van der Waals surface area contributed by atoms with Crippen molar-refractivity contribution in [2.24, 2.45) is 0 Å². The zero-order valence-electron chi connectivity index (χ0n) is 15.2. The van der Waals surface area contributed by atoms with Crippen LogP contribution in [0.5, 0.6) is 0 Å². The number of rotatable bonds is 4. The maximum atomic E-state index is 11.8.